The first-order valence-corrected chi connectivity index (χ1v) is 10.2. The highest BCUT2D eigenvalue weighted by molar-refractivity contribution is 6.09. The summed E-state index contributed by atoms with van der Waals surface area (Å²) in [6.45, 7) is 1.27. The van der Waals surface area contributed by atoms with Crippen molar-refractivity contribution in [2.24, 2.45) is 0 Å². The average molecular weight is 451 g/mol. The number of alkyl halides is 2. The van der Waals surface area contributed by atoms with Crippen LogP contribution >= 0.6 is 0 Å². The Kier molecular flexibility index (Phi) is 5.08. The van der Waals surface area contributed by atoms with Crippen LogP contribution in [-0.4, -0.2) is 42.2 Å². The average Bonchev–Trinajstić information content (AvgIpc) is 3.50. The fraction of sp³-hybridized carbons (Fsp3) is 0.227. The van der Waals surface area contributed by atoms with Crippen molar-refractivity contribution in [3.8, 4) is 28.4 Å². The normalized spacial score (nSPS) is 13.5. The van der Waals surface area contributed by atoms with E-state index in [0.717, 1.165) is 0 Å². The van der Waals surface area contributed by atoms with E-state index >= 15 is 0 Å². The van der Waals surface area contributed by atoms with Crippen LogP contribution in [0.2, 0.25) is 0 Å². The van der Waals surface area contributed by atoms with Gasteiger partial charge < -0.3 is 9.30 Å². The van der Waals surface area contributed by atoms with Gasteiger partial charge in [-0.15, -0.1) is 10.2 Å². The zero-order valence-corrected chi connectivity index (χ0v) is 17.8. The van der Waals surface area contributed by atoms with Gasteiger partial charge in [0.1, 0.15) is 23.6 Å². The summed E-state index contributed by atoms with van der Waals surface area (Å²) in [4.78, 5) is 19.3. The van der Waals surface area contributed by atoms with Crippen LogP contribution in [0.15, 0.2) is 55.1 Å². The molecular weight excluding hydrogens is 432 g/mol. The fourth-order valence-corrected chi connectivity index (χ4v) is 3.61. The molecule has 1 aliphatic heterocycles. The second-order valence-electron chi connectivity index (χ2n) is 7.74. The third kappa shape index (κ3) is 3.71. The molecule has 0 saturated heterocycles. The van der Waals surface area contributed by atoms with Gasteiger partial charge in [0.05, 0.1) is 11.8 Å². The Morgan fingerprint density at radius 1 is 1.12 bits per heavy atom. The van der Waals surface area contributed by atoms with Crippen molar-refractivity contribution in [3.05, 3.63) is 60.7 Å². The smallest absolute Gasteiger partial charge is 0.333 e. The van der Waals surface area contributed by atoms with E-state index in [4.69, 9.17) is 4.74 Å². The van der Waals surface area contributed by atoms with Crippen molar-refractivity contribution in [2.75, 3.05) is 11.6 Å². The summed E-state index contributed by atoms with van der Waals surface area (Å²) in [5.74, 6) is 1.10. The van der Waals surface area contributed by atoms with E-state index in [9.17, 15) is 13.6 Å². The first-order valence-electron chi connectivity index (χ1n) is 10.2. The van der Waals surface area contributed by atoms with Gasteiger partial charge in [-0.1, -0.05) is 12.1 Å². The molecule has 0 atom stereocenters. The summed E-state index contributed by atoms with van der Waals surface area (Å²) in [6.07, 6.45) is 4.20. The molecule has 4 aromatic rings. The van der Waals surface area contributed by atoms with Gasteiger partial charge in [0.25, 0.3) is 5.91 Å². The number of ether oxygens (including phenoxy) is 1. The Labute approximate surface area is 187 Å². The number of halogens is 2. The third-order valence-electron chi connectivity index (χ3n) is 5.31. The van der Waals surface area contributed by atoms with E-state index in [1.54, 1.807) is 42.7 Å². The van der Waals surface area contributed by atoms with Crippen molar-refractivity contribution in [1.82, 2.24) is 29.5 Å². The highest BCUT2D eigenvalue weighted by atomic mass is 19.3. The molecule has 33 heavy (non-hydrogen) atoms. The molecule has 1 amide bonds. The second kappa shape index (κ2) is 8.08. The molecule has 168 valence electrons. The van der Waals surface area contributed by atoms with Crippen LogP contribution < -0.4 is 9.64 Å². The minimum Gasteiger partial charge on any atom is -0.472 e. The minimum absolute atomic E-state index is 0.0121. The molecule has 1 aromatic carbocycles. The van der Waals surface area contributed by atoms with Crippen LogP contribution in [0.25, 0.3) is 22.6 Å². The maximum absolute atomic E-state index is 13.3. The number of hydrogen-bond acceptors (Lipinski definition) is 6. The molecule has 5 rings (SSSR count). The van der Waals surface area contributed by atoms with Crippen LogP contribution in [0, 0.1) is 0 Å². The number of hydrogen-bond donors (Lipinski definition) is 0. The van der Waals surface area contributed by atoms with Crippen molar-refractivity contribution < 1.29 is 18.3 Å². The largest absolute Gasteiger partial charge is 0.472 e. The summed E-state index contributed by atoms with van der Waals surface area (Å²) < 4.78 is 34.0. The maximum Gasteiger partial charge on any atom is 0.333 e. The molecule has 0 aliphatic carbocycles. The standard InChI is InChI=1S/C22H19F2N7O2/c1-13(2)29-11-25-28-20(29)17-4-3-5-19(27-17)30-12-33-18-7-6-14(8-16(18)21(30)32)15-9-26-31(10-15)22(23)24/h3-11,13,22H,12H2,1-2H3. The molecule has 0 spiro atoms. The van der Waals surface area contributed by atoms with Crippen LogP contribution in [0.4, 0.5) is 14.6 Å². The van der Waals surface area contributed by atoms with Gasteiger partial charge >= 0.3 is 6.55 Å². The predicted octanol–water partition coefficient (Wildman–Crippen LogP) is 4.18. The number of fused-ring (bicyclic) bond motifs is 1. The number of carbonyl (C=O) groups is 1. The Hall–Kier alpha value is -4.15. The van der Waals surface area contributed by atoms with Crippen LogP contribution in [0.3, 0.4) is 0 Å². The van der Waals surface area contributed by atoms with Crippen molar-refractivity contribution in [2.45, 2.75) is 26.4 Å². The Bertz CT molecular complexity index is 1330. The van der Waals surface area contributed by atoms with E-state index < -0.39 is 6.55 Å². The van der Waals surface area contributed by atoms with Crippen molar-refractivity contribution >= 4 is 11.7 Å². The molecule has 0 N–H and O–H groups in total. The highest BCUT2D eigenvalue weighted by Gasteiger charge is 2.29. The Morgan fingerprint density at radius 3 is 2.73 bits per heavy atom. The van der Waals surface area contributed by atoms with Crippen LogP contribution in [0.5, 0.6) is 5.75 Å². The van der Waals surface area contributed by atoms with Gasteiger partial charge in [0, 0.05) is 17.8 Å². The molecule has 4 heterocycles. The maximum atomic E-state index is 13.3. The predicted molar refractivity (Wildman–Crippen MR) is 115 cm³/mol. The zero-order chi connectivity index (χ0) is 23.1. The summed E-state index contributed by atoms with van der Waals surface area (Å²) in [5, 5.41) is 11.8. The van der Waals surface area contributed by atoms with E-state index in [-0.39, 0.29) is 18.7 Å². The van der Waals surface area contributed by atoms with E-state index in [0.29, 0.717) is 44.5 Å². The lowest BCUT2D eigenvalue weighted by atomic mass is 10.0. The molecule has 0 bridgehead atoms. The van der Waals surface area contributed by atoms with Crippen LogP contribution in [0.1, 0.15) is 36.8 Å². The van der Waals surface area contributed by atoms with Gasteiger partial charge in [0.15, 0.2) is 12.6 Å². The Morgan fingerprint density at radius 2 is 1.97 bits per heavy atom. The SMILES string of the molecule is CC(C)n1cnnc1-c1cccc(N2COc3ccc(-c4cnn(C(F)F)c4)cc3C2=O)n1. The summed E-state index contributed by atoms with van der Waals surface area (Å²) in [7, 11) is 0. The first kappa shape index (κ1) is 20.7. The highest BCUT2D eigenvalue weighted by Crippen LogP contribution is 2.32. The van der Waals surface area contributed by atoms with Gasteiger partial charge in [-0.05, 0) is 43.7 Å². The number of nitrogens with zero attached hydrogens (tertiary/aromatic N) is 7. The third-order valence-corrected chi connectivity index (χ3v) is 5.31. The lowest BCUT2D eigenvalue weighted by molar-refractivity contribution is 0.0566. The summed E-state index contributed by atoms with van der Waals surface area (Å²) in [6, 6.07) is 10.4. The molecule has 0 unspecified atom stereocenters. The van der Waals surface area contributed by atoms with Gasteiger partial charge in [0.2, 0.25) is 0 Å². The second-order valence-corrected chi connectivity index (χ2v) is 7.74. The number of aromatic nitrogens is 6. The van der Waals surface area contributed by atoms with Gasteiger partial charge in [-0.3, -0.25) is 9.69 Å². The molecule has 1 aliphatic rings. The number of rotatable bonds is 5. The zero-order valence-electron chi connectivity index (χ0n) is 17.8. The quantitative estimate of drug-likeness (QED) is 0.452. The molecule has 0 fully saturated rings. The van der Waals surface area contributed by atoms with E-state index in [2.05, 4.69) is 20.3 Å². The molecule has 9 nitrogen and oxygen atoms in total. The number of carbonyl (C=O) groups excluding carboxylic acids is 1. The topological polar surface area (TPSA) is 91.0 Å². The minimum atomic E-state index is -2.74. The van der Waals surface area contributed by atoms with Crippen molar-refractivity contribution in [3.63, 3.8) is 0 Å². The van der Waals surface area contributed by atoms with Gasteiger partial charge in [-0.2, -0.15) is 13.9 Å². The van der Waals surface area contributed by atoms with Gasteiger partial charge in [-0.25, -0.2) is 9.67 Å². The molecule has 11 heteroatoms. The lowest BCUT2D eigenvalue weighted by Gasteiger charge is -2.28. The van der Waals surface area contributed by atoms with E-state index in [1.807, 2.05) is 18.4 Å². The number of pyridine rings is 1. The number of amides is 1. The van der Waals surface area contributed by atoms with E-state index in [1.165, 1.54) is 17.3 Å². The first-order chi connectivity index (χ1) is 15.9. The molecule has 0 radical (unpaired) electrons. The number of benzene rings is 1. The fourth-order valence-electron chi connectivity index (χ4n) is 3.61. The monoisotopic (exact) mass is 451 g/mol. The lowest BCUT2D eigenvalue weighted by Crippen LogP contribution is -2.39. The molecular formula is C22H19F2N7O2. The van der Waals surface area contributed by atoms with Crippen molar-refractivity contribution in [1.29, 1.82) is 0 Å². The Balaban J connectivity index is 1.47. The molecule has 0 saturated carbocycles. The number of anilines is 1. The summed E-state index contributed by atoms with van der Waals surface area (Å²) in [5.41, 5.74) is 1.92. The van der Waals surface area contributed by atoms with Crippen LogP contribution in [-0.2, 0) is 0 Å². The molecule has 3 aromatic heterocycles. The summed E-state index contributed by atoms with van der Waals surface area (Å²) >= 11 is 0.